The molecule has 4 rings (SSSR count). The number of allylic oxidation sites excluding steroid dienone is 1. The van der Waals surface area contributed by atoms with Gasteiger partial charge in [0.15, 0.2) is 11.0 Å². The fourth-order valence-electron chi connectivity index (χ4n) is 3.08. The Bertz CT molecular complexity index is 1190. The van der Waals surface area contributed by atoms with Crippen LogP contribution in [0, 0.1) is 6.92 Å². The number of aryl methyl sites for hydroxylation is 1. The highest BCUT2D eigenvalue weighted by Gasteiger charge is 2.14. The quantitative estimate of drug-likeness (QED) is 0.197. The van der Waals surface area contributed by atoms with Crippen LogP contribution in [0.1, 0.15) is 17.0 Å². The maximum atomic E-state index is 6.40. The van der Waals surface area contributed by atoms with Gasteiger partial charge in [0, 0.05) is 23.2 Å². The topological polar surface area (TPSA) is 52.8 Å². The Kier molecular flexibility index (Phi) is 6.35. The molecular weight excluding hydrogens is 416 g/mol. The van der Waals surface area contributed by atoms with Gasteiger partial charge in [-0.05, 0) is 36.8 Å². The fourth-order valence-corrected chi connectivity index (χ4v) is 4.31. The molecular formula is C23H21ClN4OS. The van der Waals surface area contributed by atoms with Crippen LogP contribution in [0.3, 0.4) is 0 Å². The van der Waals surface area contributed by atoms with E-state index in [4.69, 9.17) is 16.3 Å². The highest BCUT2D eigenvalue weighted by molar-refractivity contribution is 7.98. The number of aromatic nitrogens is 4. The van der Waals surface area contributed by atoms with Crippen molar-refractivity contribution in [3.05, 3.63) is 89.4 Å². The summed E-state index contributed by atoms with van der Waals surface area (Å²) in [6, 6.07) is 18.0. The van der Waals surface area contributed by atoms with E-state index in [2.05, 4.69) is 27.8 Å². The first-order valence-corrected chi connectivity index (χ1v) is 10.9. The molecule has 0 aliphatic rings. The molecule has 0 saturated heterocycles. The van der Waals surface area contributed by atoms with Crippen LogP contribution in [0.5, 0.6) is 5.75 Å². The van der Waals surface area contributed by atoms with E-state index in [1.807, 2.05) is 66.1 Å². The minimum absolute atomic E-state index is 0.336. The number of thioether (sulfide) groups is 1. The van der Waals surface area contributed by atoms with E-state index in [-0.39, 0.29) is 0 Å². The van der Waals surface area contributed by atoms with E-state index < -0.39 is 0 Å². The van der Waals surface area contributed by atoms with Crippen LogP contribution >= 0.6 is 23.4 Å². The van der Waals surface area contributed by atoms with E-state index in [0.717, 1.165) is 38.8 Å². The fraction of sp³-hybridized carbons (Fsp3) is 0.174. The van der Waals surface area contributed by atoms with Gasteiger partial charge < -0.3 is 4.74 Å². The van der Waals surface area contributed by atoms with Crippen LogP contribution in [0.15, 0.2) is 72.4 Å². The molecule has 0 aliphatic carbocycles. The summed E-state index contributed by atoms with van der Waals surface area (Å²) in [6.45, 7) is 6.83. The van der Waals surface area contributed by atoms with Gasteiger partial charge in [-0.25, -0.2) is 4.98 Å². The minimum Gasteiger partial charge on any atom is -0.486 e. The first kappa shape index (κ1) is 20.4. The van der Waals surface area contributed by atoms with Gasteiger partial charge in [-0.2, -0.15) is 0 Å². The van der Waals surface area contributed by atoms with Gasteiger partial charge >= 0.3 is 0 Å². The molecule has 2 heterocycles. The summed E-state index contributed by atoms with van der Waals surface area (Å²) in [4.78, 5) is 4.50. The zero-order valence-electron chi connectivity index (χ0n) is 16.6. The predicted molar refractivity (Wildman–Crippen MR) is 122 cm³/mol. The Morgan fingerprint density at radius 1 is 1.13 bits per heavy atom. The lowest BCUT2D eigenvalue weighted by Crippen LogP contribution is -2.07. The third kappa shape index (κ3) is 4.66. The summed E-state index contributed by atoms with van der Waals surface area (Å²) in [5.74, 6) is 2.21. The summed E-state index contributed by atoms with van der Waals surface area (Å²) in [7, 11) is 0. The second-order valence-electron chi connectivity index (χ2n) is 6.82. The number of halogens is 1. The maximum Gasteiger partial charge on any atom is 0.191 e. The zero-order valence-corrected chi connectivity index (χ0v) is 18.2. The molecule has 7 heteroatoms. The van der Waals surface area contributed by atoms with Gasteiger partial charge in [0.2, 0.25) is 0 Å². The smallest absolute Gasteiger partial charge is 0.191 e. The second kappa shape index (κ2) is 9.32. The van der Waals surface area contributed by atoms with Gasteiger partial charge in [-0.15, -0.1) is 16.8 Å². The second-order valence-corrected chi connectivity index (χ2v) is 8.12. The lowest BCUT2D eigenvalue weighted by atomic mass is 10.2. The Morgan fingerprint density at radius 3 is 2.83 bits per heavy atom. The van der Waals surface area contributed by atoms with Gasteiger partial charge in [-0.1, -0.05) is 59.8 Å². The molecule has 0 unspecified atom stereocenters. The van der Waals surface area contributed by atoms with Crippen LogP contribution in [0.2, 0.25) is 5.15 Å². The van der Waals surface area contributed by atoms with Gasteiger partial charge in [-0.3, -0.25) is 4.57 Å². The van der Waals surface area contributed by atoms with E-state index in [0.29, 0.717) is 24.1 Å². The summed E-state index contributed by atoms with van der Waals surface area (Å²) in [6.07, 6.45) is 1.83. The monoisotopic (exact) mass is 436 g/mol. The number of para-hydroxylation sites is 1. The molecule has 0 fully saturated rings. The van der Waals surface area contributed by atoms with Crippen molar-refractivity contribution in [3.8, 4) is 5.75 Å². The third-order valence-electron chi connectivity index (χ3n) is 4.57. The average Bonchev–Trinajstić information content (AvgIpc) is 3.12. The molecule has 0 N–H and O–H groups in total. The number of rotatable bonds is 8. The number of nitrogens with zero attached hydrogens (tertiary/aromatic N) is 4. The predicted octanol–water partition coefficient (Wildman–Crippen LogP) is 5.85. The SMILES string of the molecule is C=CCn1c(COc2cccc(C)c2)nnc1SCc1cc2ccccc2nc1Cl. The van der Waals surface area contributed by atoms with Gasteiger partial charge in [0.1, 0.15) is 17.5 Å². The Balaban J connectivity index is 1.50. The van der Waals surface area contributed by atoms with Crippen molar-refractivity contribution in [2.45, 2.75) is 31.0 Å². The molecule has 0 atom stereocenters. The molecule has 2 aromatic heterocycles. The number of fused-ring (bicyclic) bond motifs is 1. The Morgan fingerprint density at radius 2 is 2.00 bits per heavy atom. The Labute approximate surface area is 184 Å². The molecule has 4 aromatic rings. The van der Waals surface area contributed by atoms with Crippen LogP contribution in [0.25, 0.3) is 10.9 Å². The lowest BCUT2D eigenvalue weighted by Gasteiger charge is -2.10. The highest BCUT2D eigenvalue weighted by Crippen LogP contribution is 2.28. The molecule has 5 nitrogen and oxygen atoms in total. The molecule has 0 amide bonds. The van der Waals surface area contributed by atoms with Crippen LogP contribution in [-0.2, 0) is 18.9 Å². The summed E-state index contributed by atoms with van der Waals surface area (Å²) >= 11 is 7.97. The average molecular weight is 437 g/mol. The zero-order chi connectivity index (χ0) is 20.9. The van der Waals surface area contributed by atoms with Crippen LogP contribution < -0.4 is 4.74 Å². The number of hydrogen-bond acceptors (Lipinski definition) is 5. The summed E-state index contributed by atoms with van der Waals surface area (Å²) < 4.78 is 7.92. The van der Waals surface area contributed by atoms with E-state index in [9.17, 15) is 0 Å². The van der Waals surface area contributed by atoms with Crippen molar-refractivity contribution < 1.29 is 4.74 Å². The van der Waals surface area contributed by atoms with Crippen molar-refractivity contribution in [1.29, 1.82) is 0 Å². The molecule has 30 heavy (non-hydrogen) atoms. The van der Waals surface area contributed by atoms with Crippen molar-refractivity contribution >= 4 is 34.3 Å². The van der Waals surface area contributed by atoms with Gasteiger partial charge in [0.05, 0.1) is 5.52 Å². The van der Waals surface area contributed by atoms with E-state index in [1.165, 1.54) is 0 Å². The van der Waals surface area contributed by atoms with Crippen molar-refractivity contribution in [3.63, 3.8) is 0 Å². The number of hydrogen-bond donors (Lipinski definition) is 0. The molecule has 152 valence electrons. The molecule has 0 saturated carbocycles. The van der Waals surface area contributed by atoms with Crippen molar-refractivity contribution in [1.82, 2.24) is 19.7 Å². The van der Waals surface area contributed by atoms with Crippen molar-refractivity contribution in [2.75, 3.05) is 0 Å². The number of ether oxygens (including phenoxy) is 1. The van der Waals surface area contributed by atoms with E-state index in [1.54, 1.807) is 11.8 Å². The van der Waals surface area contributed by atoms with Gasteiger partial charge in [0.25, 0.3) is 0 Å². The molecule has 0 aliphatic heterocycles. The normalized spacial score (nSPS) is 11.0. The first-order chi connectivity index (χ1) is 14.6. The highest BCUT2D eigenvalue weighted by atomic mass is 35.5. The summed E-state index contributed by atoms with van der Waals surface area (Å²) in [5, 5.41) is 11.1. The summed E-state index contributed by atoms with van der Waals surface area (Å²) in [5.41, 5.74) is 3.00. The number of pyridine rings is 1. The standard InChI is InChI=1S/C23H21ClN4OS/c1-3-11-28-21(14-29-19-9-6-7-16(2)12-19)26-27-23(28)30-15-18-13-17-8-4-5-10-20(17)25-22(18)24/h3-10,12-13H,1,11,14-15H2,2H3. The van der Waals surface area contributed by atoms with Crippen LogP contribution in [-0.4, -0.2) is 19.7 Å². The first-order valence-electron chi connectivity index (χ1n) is 9.53. The van der Waals surface area contributed by atoms with Crippen molar-refractivity contribution in [2.24, 2.45) is 0 Å². The largest absolute Gasteiger partial charge is 0.486 e. The van der Waals surface area contributed by atoms with E-state index >= 15 is 0 Å². The minimum atomic E-state index is 0.336. The molecule has 2 aromatic carbocycles. The lowest BCUT2D eigenvalue weighted by molar-refractivity contribution is 0.289. The molecule has 0 spiro atoms. The Hall–Kier alpha value is -2.83. The maximum absolute atomic E-state index is 6.40. The molecule has 0 bridgehead atoms. The van der Waals surface area contributed by atoms with Crippen LogP contribution in [0.4, 0.5) is 0 Å². The third-order valence-corrected chi connectivity index (χ3v) is 5.91. The molecule has 0 radical (unpaired) electrons. The number of benzene rings is 2.